The number of pyridine rings is 1. The molecule has 0 spiro atoms. The first kappa shape index (κ1) is 17.3. The van der Waals surface area contributed by atoms with Gasteiger partial charge >= 0.3 is 7.12 Å². The molecule has 0 amide bonds. The van der Waals surface area contributed by atoms with Crippen LogP contribution in [-0.2, 0) is 9.31 Å². The summed E-state index contributed by atoms with van der Waals surface area (Å²) in [6, 6.07) is 16.9. The Bertz CT molecular complexity index is 948. The summed E-state index contributed by atoms with van der Waals surface area (Å²) in [5, 5.41) is 1.07. The summed E-state index contributed by atoms with van der Waals surface area (Å²) < 4.78 is 12.5. The first-order valence-corrected chi connectivity index (χ1v) is 9.09. The third-order valence-corrected chi connectivity index (χ3v) is 5.67. The lowest BCUT2D eigenvalue weighted by molar-refractivity contribution is 0.00578. The summed E-state index contributed by atoms with van der Waals surface area (Å²) in [7, 11) is -0.390. The molecule has 0 aliphatic carbocycles. The average Bonchev–Trinajstić information content (AvgIpc) is 2.82. The van der Waals surface area contributed by atoms with Gasteiger partial charge in [0.1, 0.15) is 0 Å². The van der Waals surface area contributed by atoms with Crippen molar-refractivity contribution in [2.45, 2.75) is 45.8 Å². The van der Waals surface area contributed by atoms with Crippen LogP contribution in [0.15, 0.2) is 54.7 Å². The molecule has 2 heterocycles. The van der Waals surface area contributed by atoms with E-state index in [0.717, 1.165) is 21.9 Å². The summed E-state index contributed by atoms with van der Waals surface area (Å²) in [6.07, 6.45) is 1.84. The highest BCUT2D eigenvalue weighted by atomic mass is 16.7. The van der Waals surface area contributed by atoms with E-state index in [2.05, 4.69) is 82.1 Å². The van der Waals surface area contributed by atoms with Crippen LogP contribution in [0.4, 0.5) is 0 Å². The van der Waals surface area contributed by atoms with Gasteiger partial charge in [-0.15, -0.1) is 0 Å². The van der Waals surface area contributed by atoms with Crippen molar-refractivity contribution < 1.29 is 9.31 Å². The number of aromatic nitrogens is 1. The highest BCUT2D eigenvalue weighted by Crippen LogP contribution is 2.37. The van der Waals surface area contributed by atoms with Crippen LogP contribution in [0.3, 0.4) is 0 Å². The molecule has 132 valence electrons. The fourth-order valence-corrected chi connectivity index (χ4v) is 3.34. The number of aryl methyl sites for hydroxylation is 1. The Balaban J connectivity index is 1.84. The number of fused-ring (bicyclic) bond motifs is 1. The number of nitrogens with zero attached hydrogens (tertiary/aromatic N) is 1. The van der Waals surface area contributed by atoms with Gasteiger partial charge < -0.3 is 9.31 Å². The standard InChI is InChI=1S/C22H24BNO2/c1-15-8-10-16(11-9-15)17-12-13-19(18-7-6-14-24-20(17)18)23-25-21(2,3)22(4,5)26-23/h6-14H,1-5H3. The average molecular weight is 345 g/mol. The van der Waals surface area contributed by atoms with Gasteiger partial charge in [0.2, 0.25) is 0 Å². The molecule has 4 heteroatoms. The van der Waals surface area contributed by atoms with Gasteiger partial charge in [-0.05, 0) is 51.7 Å². The quantitative estimate of drug-likeness (QED) is 0.641. The number of benzene rings is 2. The van der Waals surface area contributed by atoms with E-state index in [1.54, 1.807) is 0 Å². The van der Waals surface area contributed by atoms with Crippen molar-refractivity contribution in [3.05, 3.63) is 60.3 Å². The lowest BCUT2D eigenvalue weighted by Crippen LogP contribution is -2.41. The van der Waals surface area contributed by atoms with Gasteiger partial charge in [-0.1, -0.05) is 48.0 Å². The second-order valence-corrected chi connectivity index (χ2v) is 8.06. The molecule has 1 aromatic heterocycles. The highest BCUT2D eigenvalue weighted by molar-refractivity contribution is 6.65. The Morgan fingerprint density at radius 2 is 1.50 bits per heavy atom. The number of hydrogen-bond acceptors (Lipinski definition) is 3. The zero-order valence-electron chi connectivity index (χ0n) is 16.0. The minimum Gasteiger partial charge on any atom is -0.399 e. The van der Waals surface area contributed by atoms with E-state index in [1.165, 1.54) is 11.1 Å². The second-order valence-electron chi connectivity index (χ2n) is 8.06. The van der Waals surface area contributed by atoms with E-state index in [0.29, 0.717) is 0 Å². The van der Waals surface area contributed by atoms with Crippen LogP contribution in [0.1, 0.15) is 33.3 Å². The van der Waals surface area contributed by atoms with Crippen molar-refractivity contribution in [3.63, 3.8) is 0 Å². The molecule has 0 radical (unpaired) electrons. The number of rotatable bonds is 2. The third-order valence-electron chi connectivity index (χ3n) is 5.67. The van der Waals surface area contributed by atoms with Crippen LogP contribution in [0.5, 0.6) is 0 Å². The predicted molar refractivity (Wildman–Crippen MR) is 108 cm³/mol. The van der Waals surface area contributed by atoms with Crippen molar-refractivity contribution in [2.75, 3.05) is 0 Å². The molecule has 0 N–H and O–H groups in total. The zero-order valence-corrected chi connectivity index (χ0v) is 16.0. The molecule has 1 fully saturated rings. The molecule has 1 aliphatic rings. The van der Waals surface area contributed by atoms with Crippen LogP contribution in [0, 0.1) is 6.92 Å². The molecule has 1 aliphatic heterocycles. The van der Waals surface area contributed by atoms with Gasteiger partial charge in [0.25, 0.3) is 0 Å². The van der Waals surface area contributed by atoms with Gasteiger partial charge in [-0.2, -0.15) is 0 Å². The maximum atomic E-state index is 6.27. The summed E-state index contributed by atoms with van der Waals surface area (Å²) in [6.45, 7) is 10.4. The molecule has 0 bridgehead atoms. The van der Waals surface area contributed by atoms with Crippen molar-refractivity contribution in [1.29, 1.82) is 0 Å². The zero-order chi connectivity index (χ0) is 18.5. The molecule has 0 atom stereocenters. The summed E-state index contributed by atoms with van der Waals surface area (Å²) in [5.41, 5.74) is 4.83. The molecule has 4 rings (SSSR count). The van der Waals surface area contributed by atoms with Gasteiger partial charge in [0.15, 0.2) is 0 Å². The Labute approximate surface area is 155 Å². The summed E-state index contributed by atoms with van der Waals surface area (Å²) >= 11 is 0. The lowest BCUT2D eigenvalue weighted by atomic mass is 9.75. The normalized spacial score (nSPS) is 18.4. The van der Waals surface area contributed by atoms with Crippen molar-refractivity contribution in [3.8, 4) is 11.1 Å². The van der Waals surface area contributed by atoms with Crippen LogP contribution in [0.2, 0.25) is 0 Å². The first-order valence-electron chi connectivity index (χ1n) is 9.09. The van der Waals surface area contributed by atoms with E-state index in [-0.39, 0.29) is 11.2 Å². The molecule has 26 heavy (non-hydrogen) atoms. The number of hydrogen-bond donors (Lipinski definition) is 0. The lowest BCUT2D eigenvalue weighted by Gasteiger charge is -2.32. The second kappa shape index (κ2) is 5.93. The SMILES string of the molecule is Cc1ccc(-c2ccc(B3OC(C)(C)C(C)(C)O3)c3cccnc23)cc1. The van der Waals surface area contributed by atoms with Gasteiger partial charge in [0.05, 0.1) is 16.7 Å². The van der Waals surface area contributed by atoms with E-state index < -0.39 is 7.12 Å². The minimum atomic E-state index is -0.390. The predicted octanol–water partition coefficient (Wildman–Crippen LogP) is 4.51. The minimum absolute atomic E-state index is 0.359. The van der Waals surface area contributed by atoms with Crippen LogP contribution in [0.25, 0.3) is 22.0 Å². The molecule has 2 aromatic carbocycles. The smallest absolute Gasteiger partial charge is 0.399 e. The van der Waals surface area contributed by atoms with Crippen molar-refractivity contribution in [1.82, 2.24) is 4.98 Å². The fraction of sp³-hybridized carbons (Fsp3) is 0.318. The molecular weight excluding hydrogens is 321 g/mol. The van der Waals surface area contributed by atoms with Crippen LogP contribution < -0.4 is 5.46 Å². The van der Waals surface area contributed by atoms with Gasteiger partial charge in [0, 0.05) is 17.1 Å². The summed E-state index contributed by atoms with van der Waals surface area (Å²) in [4.78, 5) is 4.67. The van der Waals surface area contributed by atoms with E-state index in [4.69, 9.17) is 9.31 Å². The molecule has 0 unspecified atom stereocenters. The molecule has 3 aromatic rings. The molecular formula is C22H24BNO2. The van der Waals surface area contributed by atoms with Crippen molar-refractivity contribution in [2.24, 2.45) is 0 Å². The van der Waals surface area contributed by atoms with E-state index in [1.807, 2.05) is 12.3 Å². The largest absolute Gasteiger partial charge is 0.495 e. The molecule has 1 saturated heterocycles. The monoisotopic (exact) mass is 345 g/mol. The molecule has 0 saturated carbocycles. The van der Waals surface area contributed by atoms with E-state index in [9.17, 15) is 0 Å². The van der Waals surface area contributed by atoms with Crippen LogP contribution >= 0.6 is 0 Å². The topological polar surface area (TPSA) is 31.4 Å². The molecule has 3 nitrogen and oxygen atoms in total. The highest BCUT2D eigenvalue weighted by Gasteiger charge is 2.52. The van der Waals surface area contributed by atoms with Gasteiger partial charge in [-0.3, -0.25) is 4.98 Å². The van der Waals surface area contributed by atoms with Crippen LogP contribution in [-0.4, -0.2) is 23.3 Å². The fourth-order valence-electron chi connectivity index (χ4n) is 3.34. The van der Waals surface area contributed by atoms with Crippen molar-refractivity contribution >= 4 is 23.5 Å². The maximum Gasteiger partial charge on any atom is 0.495 e. The third kappa shape index (κ3) is 2.74. The Kier molecular flexibility index (Phi) is 3.94. The van der Waals surface area contributed by atoms with Gasteiger partial charge in [-0.25, -0.2) is 0 Å². The first-order chi connectivity index (χ1) is 12.3. The Morgan fingerprint density at radius 1 is 0.846 bits per heavy atom. The maximum absolute atomic E-state index is 6.27. The van der Waals surface area contributed by atoms with E-state index >= 15 is 0 Å². The summed E-state index contributed by atoms with van der Waals surface area (Å²) in [5.74, 6) is 0. The Morgan fingerprint density at radius 3 is 2.15 bits per heavy atom. The Hall–Kier alpha value is -2.17.